The van der Waals surface area contributed by atoms with E-state index in [4.69, 9.17) is 5.73 Å². The van der Waals surface area contributed by atoms with Gasteiger partial charge in [0.2, 0.25) is 5.91 Å². The topological polar surface area (TPSA) is 72.2 Å². The lowest BCUT2D eigenvalue weighted by atomic mass is 10.1. The zero-order chi connectivity index (χ0) is 11.0. The highest BCUT2D eigenvalue weighted by Crippen LogP contribution is 1.98. The fourth-order valence-corrected chi connectivity index (χ4v) is 1.22. The smallest absolute Gasteiger partial charge is 0.220 e. The van der Waals surface area contributed by atoms with Crippen molar-refractivity contribution in [3.05, 3.63) is 0 Å². The summed E-state index contributed by atoms with van der Waals surface area (Å²) >= 11 is 0. The summed E-state index contributed by atoms with van der Waals surface area (Å²) in [5.41, 5.74) is 5.37. The van der Waals surface area contributed by atoms with Crippen LogP contribution >= 0.6 is 0 Å². The molecule has 0 heterocycles. The number of rotatable bonds is 7. The van der Waals surface area contributed by atoms with E-state index in [0.29, 0.717) is 25.8 Å². The Labute approximate surface area is 85.2 Å². The summed E-state index contributed by atoms with van der Waals surface area (Å²) in [4.78, 5) is 22.6. The van der Waals surface area contributed by atoms with Gasteiger partial charge in [-0.2, -0.15) is 0 Å². The van der Waals surface area contributed by atoms with Gasteiger partial charge in [-0.25, -0.2) is 0 Å². The fourth-order valence-electron chi connectivity index (χ4n) is 1.22. The molecule has 14 heavy (non-hydrogen) atoms. The van der Waals surface area contributed by atoms with Crippen molar-refractivity contribution in [1.82, 2.24) is 5.32 Å². The van der Waals surface area contributed by atoms with Gasteiger partial charge in [0, 0.05) is 12.8 Å². The quantitative estimate of drug-likeness (QED) is 0.632. The first-order valence-corrected chi connectivity index (χ1v) is 5.17. The lowest BCUT2D eigenvalue weighted by molar-refractivity contribution is -0.127. The van der Waals surface area contributed by atoms with E-state index < -0.39 is 0 Å². The van der Waals surface area contributed by atoms with E-state index in [9.17, 15) is 9.59 Å². The second-order valence-corrected chi connectivity index (χ2v) is 3.27. The molecule has 0 aliphatic rings. The first-order valence-electron chi connectivity index (χ1n) is 5.17. The van der Waals surface area contributed by atoms with Crippen molar-refractivity contribution in [2.45, 2.75) is 45.6 Å². The Bertz CT molecular complexity index is 193. The summed E-state index contributed by atoms with van der Waals surface area (Å²) in [5, 5.41) is 2.70. The number of hydrogen-bond donors (Lipinski definition) is 2. The van der Waals surface area contributed by atoms with Gasteiger partial charge in [-0.15, -0.1) is 0 Å². The number of Topliss-reactive ketones (excluding diaryl/α,β-unsaturated/α-hetero) is 1. The second kappa shape index (κ2) is 7.50. The number of nitrogens with two attached hydrogens (primary N) is 1. The Balaban J connectivity index is 4.08. The van der Waals surface area contributed by atoms with Gasteiger partial charge in [0.15, 0.2) is 5.78 Å². The molecular formula is C10H20N2O2. The lowest BCUT2D eigenvalue weighted by Crippen LogP contribution is -2.41. The van der Waals surface area contributed by atoms with Crippen LogP contribution in [0.25, 0.3) is 0 Å². The lowest BCUT2D eigenvalue weighted by Gasteiger charge is -2.15. The highest BCUT2D eigenvalue weighted by atomic mass is 16.2. The van der Waals surface area contributed by atoms with Crippen molar-refractivity contribution < 1.29 is 9.59 Å². The summed E-state index contributed by atoms with van der Waals surface area (Å²) in [5.74, 6) is -0.00680. The third kappa shape index (κ3) is 4.97. The second-order valence-electron chi connectivity index (χ2n) is 3.27. The zero-order valence-electron chi connectivity index (χ0n) is 9.01. The molecule has 1 atom stereocenters. The van der Waals surface area contributed by atoms with Gasteiger partial charge >= 0.3 is 0 Å². The summed E-state index contributed by atoms with van der Waals surface area (Å²) in [6, 6.07) is -0.385. The van der Waals surface area contributed by atoms with Crippen LogP contribution in [-0.4, -0.2) is 24.3 Å². The van der Waals surface area contributed by atoms with Crippen molar-refractivity contribution in [2.24, 2.45) is 5.73 Å². The Hall–Kier alpha value is -0.900. The molecule has 0 fully saturated rings. The van der Waals surface area contributed by atoms with E-state index >= 15 is 0 Å². The van der Waals surface area contributed by atoms with Crippen molar-refractivity contribution >= 4 is 11.7 Å². The average molecular weight is 200 g/mol. The normalized spacial score (nSPS) is 12.2. The van der Waals surface area contributed by atoms with Crippen LogP contribution in [0.1, 0.15) is 39.5 Å². The Morgan fingerprint density at radius 2 is 2.00 bits per heavy atom. The SMILES string of the molecule is CCCC(=O)NC(CCN)C(=O)CC. The van der Waals surface area contributed by atoms with E-state index in [-0.39, 0.29) is 17.7 Å². The molecule has 3 N–H and O–H groups in total. The molecule has 0 rings (SSSR count). The maximum absolute atomic E-state index is 11.4. The van der Waals surface area contributed by atoms with E-state index in [1.165, 1.54) is 0 Å². The van der Waals surface area contributed by atoms with Crippen molar-refractivity contribution in [3.8, 4) is 0 Å². The standard InChI is InChI=1S/C10H20N2O2/c1-3-5-10(14)12-8(6-7-11)9(13)4-2/h8H,3-7,11H2,1-2H3,(H,12,14). The van der Waals surface area contributed by atoms with Gasteiger partial charge in [-0.3, -0.25) is 9.59 Å². The first-order chi connectivity index (χ1) is 6.65. The molecule has 0 aromatic carbocycles. The predicted molar refractivity (Wildman–Crippen MR) is 55.8 cm³/mol. The summed E-state index contributed by atoms with van der Waals surface area (Å²) in [6.45, 7) is 4.14. The monoisotopic (exact) mass is 200 g/mol. The Morgan fingerprint density at radius 1 is 1.36 bits per heavy atom. The van der Waals surface area contributed by atoms with Gasteiger partial charge in [-0.1, -0.05) is 13.8 Å². The molecule has 0 spiro atoms. The largest absolute Gasteiger partial charge is 0.346 e. The van der Waals surface area contributed by atoms with Crippen LogP contribution in [0, 0.1) is 0 Å². The molecule has 0 saturated carbocycles. The van der Waals surface area contributed by atoms with Crippen LogP contribution in [0.15, 0.2) is 0 Å². The van der Waals surface area contributed by atoms with E-state index in [1.54, 1.807) is 6.92 Å². The maximum Gasteiger partial charge on any atom is 0.220 e. The molecule has 0 aromatic heterocycles. The van der Waals surface area contributed by atoms with E-state index in [0.717, 1.165) is 6.42 Å². The minimum atomic E-state index is -0.385. The molecule has 0 aliphatic carbocycles. The zero-order valence-corrected chi connectivity index (χ0v) is 9.01. The Kier molecular flexibility index (Phi) is 7.02. The molecule has 82 valence electrons. The van der Waals surface area contributed by atoms with Crippen molar-refractivity contribution in [1.29, 1.82) is 0 Å². The van der Waals surface area contributed by atoms with Crippen LogP contribution in [0.3, 0.4) is 0 Å². The van der Waals surface area contributed by atoms with E-state index in [2.05, 4.69) is 5.32 Å². The number of amides is 1. The molecule has 4 heteroatoms. The van der Waals surface area contributed by atoms with Crippen LogP contribution in [0.4, 0.5) is 0 Å². The Morgan fingerprint density at radius 3 is 2.43 bits per heavy atom. The highest BCUT2D eigenvalue weighted by Gasteiger charge is 2.17. The van der Waals surface area contributed by atoms with Gasteiger partial charge in [-0.05, 0) is 19.4 Å². The van der Waals surface area contributed by atoms with Crippen LogP contribution < -0.4 is 11.1 Å². The van der Waals surface area contributed by atoms with Crippen molar-refractivity contribution in [3.63, 3.8) is 0 Å². The van der Waals surface area contributed by atoms with E-state index in [1.807, 2.05) is 6.92 Å². The minimum Gasteiger partial charge on any atom is -0.346 e. The third-order valence-electron chi connectivity index (χ3n) is 2.00. The predicted octanol–water partition coefficient (Wildman–Crippen LogP) is 0.599. The van der Waals surface area contributed by atoms with Crippen molar-refractivity contribution in [2.75, 3.05) is 6.54 Å². The number of nitrogens with one attached hydrogen (secondary N) is 1. The average Bonchev–Trinajstić information content (AvgIpc) is 2.16. The van der Waals surface area contributed by atoms with Gasteiger partial charge in [0.05, 0.1) is 6.04 Å². The third-order valence-corrected chi connectivity index (χ3v) is 2.00. The molecule has 0 bridgehead atoms. The number of carbonyl (C=O) groups is 2. The molecule has 4 nitrogen and oxygen atoms in total. The summed E-state index contributed by atoms with van der Waals surface area (Å²) in [7, 11) is 0. The van der Waals surface area contributed by atoms with Gasteiger partial charge in [0.1, 0.15) is 0 Å². The summed E-state index contributed by atoms with van der Waals surface area (Å²) < 4.78 is 0. The van der Waals surface area contributed by atoms with Gasteiger partial charge < -0.3 is 11.1 Å². The first kappa shape index (κ1) is 13.1. The summed E-state index contributed by atoms with van der Waals surface area (Å²) in [6.07, 6.45) is 2.23. The molecule has 1 unspecified atom stereocenters. The van der Waals surface area contributed by atoms with Gasteiger partial charge in [0.25, 0.3) is 0 Å². The highest BCUT2D eigenvalue weighted by molar-refractivity contribution is 5.88. The molecule has 0 aliphatic heterocycles. The number of ketones is 1. The fraction of sp³-hybridized carbons (Fsp3) is 0.800. The number of hydrogen-bond acceptors (Lipinski definition) is 3. The van der Waals surface area contributed by atoms with Crippen LogP contribution in [-0.2, 0) is 9.59 Å². The molecule has 0 aromatic rings. The molecular weight excluding hydrogens is 180 g/mol. The van der Waals surface area contributed by atoms with Crippen LogP contribution in [0.2, 0.25) is 0 Å². The number of carbonyl (C=O) groups excluding carboxylic acids is 2. The van der Waals surface area contributed by atoms with Crippen LogP contribution in [0.5, 0.6) is 0 Å². The minimum absolute atomic E-state index is 0.0555. The molecule has 0 saturated heterocycles. The molecule has 0 radical (unpaired) electrons. The molecule has 1 amide bonds. The maximum atomic E-state index is 11.4.